The zero-order valence-electron chi connectivity index (χ0n) is 36.1. The van der Waals surface area contributed by atoms with Gasteiger partial charge in [-0.15, -0.1) is 0 Å². The molecule has 0 radical (unpaired) electrons. The van der Waals surface area contributed by atoms with E-state index in [4.69, 9.17) is 19.3 Å². The summed E-state index contributed by atoms with van der Waals surface area (Å²) in [6.45, 7) is 3.71. The predicted molar refractivity (Wildman–Crippen MR) is 230 cm³/mol. The molecular weight excluding hydrogens is 711 g/mol. The summed E-state index contributed by atoms with van der Waals surface area (Å²) in [5, 5.41) is 0. The Morgan fingerprint density at radius 3 is 1.11 bits per heavy atom. The quantitative estimate of drug-likeness (QED) is 0.0271. The van der Waals surface area contributed by atoms with E-state index >= 15 is 0 Å². The highest BCUT2D eigenvalue weighted by Gasteiger charge is 2.23. The third-order valence-corrected chi connectivity index (χ3v) is 11.0. The molecule has 1 atom stereocenters. The van der Waals surface area contributed by atoms with Gasteiger partial charge in [0.05, 0.1) is 6.61 Å². The van der Waals surface area contributed by atoms with Crippen molar-refractivity contribution in [3.63, 3.8) is 0 Å². The Balaban J connectivity index is 3.79. The van der Waals surface area contributed by atoms with Crippen molar-refractivity contribution in [1.29, 1.82) is 0 Å². The minimum atomic E-state index is -4.75. The molecule has 0 aliphatic carbocycles. The Hall–Kier alpha value is -1.21. The summed E-state index contributed by atoms with van der Waals surface area (Å²) in [7, 11) is -4.75. The van der Waals surface area contributed by atoms with E-state index in [9.17, 15) is 14.2 Å². The van der Waals surface area contributed by atoms with E-state index in [2.05, 4.69) is 30.5 Å². The maximum Gasteiger partial charge on any atom is 0.469 e. The predicted octanol–water partition coefficient (Wildman–Crippen LogP) is 14.6. The van der Waals surface area contributed by atoms with Crippen LogP contribution in [0, 0.1) is 0 Å². The number of carbonyl (C=O) groups is 2. The Kier molecular flexibility index (Phi) is 41.5. The number of ether oxygens (including phenoxy) is 2. The van der Waals surface area contributed by atoms with Crippen LogP contribution in [0.5, 0.6) is 0 Å². The molecule has 0 aliphatic heterocycles. The van der Waals surface area contributed by atoms with E-state index in [0.717, 1.165) is 51.4 Å². The minimum Gasteiger partial charge on any atom is -0.462 e. The smallest absolute Gasteiger partial charge is 0.462 e. The lowest BCUT2D eigenvalue weighted by Crippen LogP contribution is -2.29. The second kappa shape index (κ2) is 42.4. The van der Waals surface area contributed by atoms with Crippen molar-refractivity contribution in [3.05, 3.63) is 12.2 Å². The molecule has 0 bridgehead atoms. The van der Waals surface area contributed by atoms with Crippen LogP contribution >= 0.6 is 7.82 Å². The van der Waals surface area contributed by atoms with Crippen LogP contribution in [-0.4, -0.2) is 41.0 Å². The monoisotopic (exact) mass is 801 g/mol. The molecule has 0 saturated heterocycles. The fourth-order valence-corrected chi connectivity index (χ4v) is 7.38. The summed E-state index contributed by atoms with van der Waals surface area (Å²) in [6, 6.07) is 0. The second-order valence-electron chi connectivity index (χ2n) is 16.1. The van der Waals surface area contributed by atoms with E-state index in [1.54, 1.807) is 0 Å². The Morgan fingerprint density at radius 2 is 0.764 bits per heavy atom. The van der Waals surface area contributed by atoms with Gasteiger partial charge in [0, 0.05) is 12.8 Å². The first-order chi connectivity index (χ1) is 26.8. The van der Waals surface area contributed by atoms with Gasteiger partial charge in [0.15, 0.2) is 6.10 Å². The molecule has 326 valence electrons. The van der Waals surface area contributed by atoms with Crippen molar-refractivity contribution in [2.24, 2.45) is 0 Å². The van der Waals surface area contributed by atoms with Crippen molar-refractivity contribution in [2.45, 2.75) is 258 Å². The molecule has 0 saturated carbocycles. The molecule has 0 spiro atoms. The van der Waals surface area contributed by atoms with Crippen molar-refractivity contribution in [3.8, 4) is 0 Å². The molecule has 0 aromatic carbocycles. The number of rotatable bonds is 44. The van der Waals surface area contributed by atoms with Gasteiger partial charge in [-0.05, 0) is 38.5 Å². The standard InChI is InChI=1S/C46H89O8P/c1-3-5-7-9-11-13-15-17-19-20-21-22-23-24-25-26-27-29-31-33-35-37-39-41-46(48)54-44(43-53-55(49,50)51)42-52-45(47)40-38-36-34-32-30-28-18-16-14-12-10-8-6-4-2/h16,18,44H,3-15,17,19-43H2,1-2H3,(H2,49,50,51)/b18-16+/t44-/m1/s1. The third-order valence-electron chi connectivity index (χ3n) is 10.5. The molecule has 0 rings (SSSR count). The van der Waals surface area contributed by atoms with E-state index in [1.807, 2.05) is 0 Å². The summed E-state index contributed by atoms with van der Waals surface area (Å²) < 4.78 is 26.4. The molecule has 55 heavy (non-hydrogen) atoms. The van der Waals surface area contributed by atoms with Crippen molar-refractivity contribution >= 4 is 19.8 Å². The highest BCUT2D eigenvalue weighted by molar-refractivity contribution is 7.46. The average Bonchev–Trinajstić information content (AvgIpc) is 3.16. The number of unbranched alkanes of at least 4 members (excludes halogenated alkanes) is 32. The van der Waals surface area contributed by atoms with Crippen LogP contribution in [0.15, 0.2) is 12.2 Å². The molecule has 0 fully saturated rings. The first-order valence-electron chi connectivity index (χ1n) is 23.5. The minimum absolute atomic E-state index is 0.217. The van der Waals surface area contributed by atoms with E-state index in [0.29, 0.717) is 6.42 Å². The average molecular weight is 801 g/mol. The lowest BCUT2D eigenvalue weighted by molar-refractivity contribution is -0.161. The zero-order valence-corrected chi connectivity index (χ0v) is 37.0. The van der Waals surface area contributed by atoms with Gasteiger partial charge < -0.3 is 19.3 Å². The Labute approximate surface area is 339 Å². The van der Waals surface area contributed by atoms with E-state index in [-0.39, 0.29) is 19.4 Å². The number of phosphoric ester groups is 1. The lowest BCUT2D eigenvalue weighted by Gasteiger charge is -2.18. The number of hydrogen-bond donors (Lipinski definition) is 2. The zero-order chi connectivity index (χ0) is 40.3. The van der Waals surface area contributed by atoms with Gasteiger partial charge in [0.2, 0.25) is 0 Å². The number of esters is 2. The van der Waals surface area contributed by atoms with E-state index < -0.39 is 32.5 Å². The van der Waals surface area contributed by atoms with Crippen molar-refractivity contribution < 1.29 is 37.9 Å². The van der Waals surface area contributed by atoms with Crippen LogP contribution in [0.2, 0.25) is 0 Å². The van der Waals surface area contributed by atoms with Gasteiger partial charge in [0.25, 0.3) is 0 Å². The van der Waals surface area contributed by atoms with Gasteiger partial charge in [-0.2, -0.15) is 0 Å². The number of hydrogen-bond acceptors (Lipinski definition) is 6. The van der Waals surface area contributed by atoms with Crippen LogP contribution in [0.1, 0.15) is 251 Å². The normalized spacial score (nSPS) is 12.4. The van der Waals surface area contributed by atoms with E-state index in [1.165, 1.54) is 167 Å². The molecular formula is C46H89O8P. The Morgan fingerprint density at radius 1 is 0.455 bits per heavy atom. The molecule has 0 aromatic heterocycles. The molecule has 9 heteroatoms. The maximum atomic E-state index is 12.4. The highest BCUT2D eigenvalue weighted by atomic mass is 31.2. The summed E-state index contributed by atoms with van der Waals surface area (Å²) in [6.07, 6.45) is 48.0. The fourth-order valence-electron chi connectivity index (χ4n) is 7.02. The molecule has 8 nitrogen and oxygen atoms in total. The van der Waals surface area contributed by atoms with Crippen LogP contribution in [-0.2, 0) is 28.2 Å². The first kappa shape index (κ1) is 53.8. The van der Waals surface area contributed by atoms with Crippen LogP contribution in [0.3, 0.4) is 0 Å². The summed E-state index contributed by atoms with van der Waals surface area (Å²) in [5.41, 5.74) is 0. The summed E-state index contributed by atoms with van der Waals surface area (Å²) in [4.78, 5) is 42.9. The highest BCUT2D eigenvalue weighted by Crippen LogP contribution is 2.36. The topological polar surface area (TPSA) is 119 Å². The van der Waals surface area contributed by atoms with Crippen LogP contribution in [0.4, 0.5) is 0 Å². The van der Waals surface area contributed by atoms with Gasteiger partial charge in [-0.25, -0.2) is 4.57 Å². The summed E-state index contributed by atoms with van der Waals surface area (Å²) in [5.74, 6) is -0.880. The molecule has 0 amide bonds. The molecule has 0 heterocycles. The van der Waals surface area contributed by atoms with Crippen LogP contribution in [0.25, 0.3) is 0 Å². The van der Waals surface area contributed by atoms with Gasteiger partial charge in [-0.3, -0.25) is 14.1 Å². The molecule has 0 aliphatic rings. The van der Waals surface area contributed by atoms with Gasteiger partial charge in [-0.1, -0.05) is 212 Å². The van der Waals surface area contributed by atoms with Crippen molar-refractivity contribution in [1.82, 2.24) is 0 Å². The lowest BCUT2D eigenvalue weighted by atomic mass is 10.0. The molecule has 2 N–H and O–H groups in total. The van der Waals surface area contributed by atoms with Crippen molar-refractivity contribution in [2.75, 3.05) is 13.2 Å². The maximum absolute atomic E-state index is 12.4. The third kappa shape index (κ3) is 45.4. The number of carbonyl (C=O) groups excluding carboxylic acids is 2. The first-order valence-corrected chi connectivity index (χ1v) is 25.0. The van der Waals surface area contributed by atoms with Gasteiger partial charge >= 0.3 is 19.8 Å². The SMILES string of the molecule is CCCCCCC/C=C/CCCCCCCC(=O)OC[C@H](COP(=O)(O)O)OC(=O)CCCCCCCCCCCCCCCCCCCCCCCCC. The van der Waals surface area contributed by atoms with Gasteiger partial charge in [0.1, 0.15) is 6.61 Å². The Bertz CT molecular complexity index is 904. The molecule has 0 aromatic rings. The molecule has 0 unspecified atom stereocenters. The number of allylic oxidation sites excluding steroid dienone is 2. The largest absolute Gasteiger partial charge is 0.469 e. The fraction of sp³-hybridized carbons (Fsp3) is 0.913. The van der Waals surface area contributed by atoms with Crippen LogP contribution < -0.4 is 0 Å². The summed E-state index contributed by atoms with van der Waals surface area (Å²) >= 11 is 0. The second-order valence-corrected chi connectivity index (χ2v) is 17.3. The number of phosphoric acid groups is 1.